The summed E-state index contributed by atoms with van der Waals surface area (Å²) < 4.78 is 12.3. The van der Waals surface area contributed by atoms with E-state index in [9.17, 15) is 0 Å². The molecule has 3 aromatic rings. The minimum absolute atomic E-state index is 0.236. The number of pyridine rings is 1. The maximum absolute atomic E-state index is 6.26. The van der Waals surface area contributed by atoms with E-state index in [1.807, 2.05) is 0 Å². The van der Waals surface area contributed by atoms with Gasteiger partial charge in [0.15, 0.2) is 22.3 Å². The van der Waals surface area contributed by atoms with Crippen molar-refractivity contribution in [3.63, 3.8) is 0 Å². The average Bonchev–Trinajstić information content (AvgIpc) is 2.84. The van der Waals surface area contributed by atoms with Crippen LogP contribution in [0.15, 0.2) is 0 Å². The molecule has 3 aromatic heterocycles. The molecule has 0 atom stereocenters. The van der Waals surface area contributed by atoms with Gasteiger partial charge in [-0.1, -0.05) is 46.4 Å². The lowest BCUT2D eigenvalue weighted by Crippen LogP contribution is -1.96. The highest BCUT2D eigenvalue weighted by molar-refractivity contribution is 6.48. The van der Waals surface area contributed by atoms with E-state index in [0.29, 0.717) is 38.2 Å². The molecule has 0 N–H and O–H groups in total. The summed E-state index contributed by atoms with van der Waals surface area (Å²) in [6, 6.07) is 0. The standard InChI is InChI=1S/C11H6Cl4N2O2/c1-18-8-5(14)9(19-2)7-10(15)16-11-4(13)3(12)6(8)17(7)11/h1-2H3. The van der Waals surface area contributed by atoms with Gasteiger partial charge in [-0.25, -0.2) is 4.98 Å². The summed E-state index contributed by atoms with van der Waals surface area (Å²) in [6.45, 7) is 0. The van der Waals surface area contributed by atoms with Crippen molar-refractivity contribution in [1.82, 2.24) is 9.38 Å². The Morgan fingerprint density at radius 1 is 0.842 bits per heavy atom. The van der Waals surface area contributed by atoms with Gasteiger partial charge in [-0.3, -0.25) is 4.40 Å². The molecule has 0 saturated heterocycles. The highest BCUT2D eigenvalue weighted by atomic mass is 35.5. The van der Waals surface area contributed by atoms with Crippen LogP contribution in [0.25, 0.3) is 16.7 Å². The van der Waals surface area contributed by atoms with Crippen molar-refractivity contribution in [2.75, 3.05) is 14.2 Å². The molecule has 4 nitrogen and oxygen atoms in total. The second-order valence-electron chi connectivity index (χ2n) is 3.77. The number of ether oxygens (including phenoxy) is 2. The Labute approximate surface area is 128 Å². The summed E-state index contributed by atoms with van der Waals surface area (Å²) in [5, 5.41) is 1.11. The fourth-order valence-corrected chi connectivity index (χ4v) is 3.19. The van der Waals surface area contributed by atoms with Crippen LogP contribution in [-0.2, 0) is 0 Å². The third-order valence-electron chi connectivity index (χ3n) is 2.89. The molecule has 100 valence electrons. The highest BCUT2D eigenvalue weighted by Gasteiger charge is 2.28. The predicted octanol–water partition coefficient (Wildman–Crippen LogP) is 4.56. The molecular weight excluding hydrogens is 334 g/mol. The summed E-state index contributed by atoms with van der Waals surface area (Å²) in [5.41, 5.74) is 1.47. The largest absolute Gasteiger partial charge is 0.493 e. The molecule has 0 saturated carbocycles. The summed E-state index contributed by atoms with van der Waals surface area (Å²) in [5.74, 6) is 0.726. The molecule has 0 aliphatic carbocycles. The molecule has 0 amide bonds. The van der Waals surface area contributed by atoms with Gasteiger partial charge in [0.25, 0.3) is 0 Å². The average molecular weight is 340 g/mol. The molecular formula is C11H6Cl4N2O2. The second kappa shape index (κ2) is 4.35. The molecule has 0 bridgehead atoms. The van der Waals surface area contributed by atoms with Crippen LogP contribution in [0.5, 0.6) is 11.5 Å². The van der Waals surface area contributed by atoms with Crippen LogP contribution in [0.1, 0.15) is 0 Å². The first-order valence-corrected chi connectivity index (χ1v) is 6.61. The van der Waals surface area contributed by atoms with Crippen molar-refractivity contribution in [2.45, 2.75) is 0 Å². The second-order valence-corrected chi connectivity index (χ2v) is 5.26. The molecule has 3 heterocycles. The van der Waals surface area contributed by atoms with Gasteiger partial charge in [-0.05, 0) is 0 Å². The molecule has 0 fully saturated rings. The predicted molar refractivity (Wildman–Crippen MR) is 77.0 cm³/mol. The van der Waals surface area contributed by atoms with E-state index >= 15 is 0 Å². The highest BCUT2D eigenvalue weighted by Crippen LogP contribution is 2.49. The maximum Gasteiger partial charge on any atom is 0.168 e. The van der Waals surface area contributed by atoms with E-state index in [1.54, 1.807) is 4.40 Å². The summed E-state index contributed by atoms with van der Waals surface area (Å²) in [7, 11) is 2.97. The van der Waals surface area contributed by atoms with Crippen molar-refractivity contribution in [3.8, 4) is 11.5 Å². The monoisotopic (exact) mass is 338 g/mol. The lowest BCUT2D eigenvalue weighted by molar-refractivity contribution is 0.398. The fourth-order valence-electron chi connectivity index (χ4n) is 2.14. The van der Waals surface area contributed by atoms with Crippen LogP contribution >= 0.6 is 46.4 Å². The van der Waals surface area contributed by atoms with Crippen molar-refractivity contribution < 1.29 is 9.47 Å². The van der Waals surface area contributed by atoms with Crippen LogP contribution in [0.3, 0.4) is 0 Å². The van der Waals surface area contributed by atoms with Crippen molar-refractivity contribution >= 4 is 63.1 Å². The first-order valence-electron chi connectivity index (χ1n) is 5.10. The maximum atomic E-state index is 6.26. The van der Waals surface area contributed by atoms with E-state index in [2.05, 4.69) is 4.98 Å². The van der Waals surface area contributed by atoms with Crippen LogP contribution in [0.2, 0.25) is 20.2 Å². The van der Waals surface area contributed by atoms with Gasteiger partial charge in [0, 0.05) is 0 Å². The van der Waals surface area contributed by atoms with E-state index < -0.39 is 0 Å². The molecule has 0 aromatic carbocycles. The molecule has 8 heteroatoms. The first kappa shape index (κ1) is 13.2. The minimum Gasteiger partial charge on any atom is -0.493 e. The molecule has 0 aliphatic heterocycles. The zero-order chi connectivity index (χ0) is 13.9. The van der Waals surface area contributed by atoms with Crippen LogP contribution in [0, 0.1) is 0 Å². The number of nitrogens with zero attached hydrogens (tertiary/aromatic N) is 2. The number of hydrogen-bond acceptors (Lipinski definition) is 3. The van der Waals surface area contributed by atoms with E-state index in [4.69, 9.17) is 55.9 Å². The minimum atomic E-state index is 0.236. The quantitative estimate of drug-likeness (QED) is 0.686. The van der Waals surface area contributed by atoms with Gasteiger partial charge in [0.05, 0.1) is 19.2 Å². The Bertz CT molecular complexity index is 799. The van der Waals surface area contributed by atoms with Gasteiger partial charge in [0.1, 0.15) is 21.1 Å². The summed E-state index contributed by atoms with van der Waals surface area (Å²) >= 11 is 24.7. The molecule has 3 rings (SSSR count). The molecule has 0 aliphatic rings. The Morgan fingerprint density at radius 3 is 2.00 bits per heavy atom. The number of hydrogen-bond donors (Lipinski definition) is 0. The first-order chi connectivity index (χ1) is 9.02. The summed E-state index contributed by atoms with van der Waals surface area (Å²) in [4.78, 5) is 4.18. The smallest absolute Gasteiger partial charge is 0.168 e. The van der Waals surface area contributed by atoms with E-state index in [-0.39, 0.29) is 10.2 Å². The zero-order valence-electron chi connectivity index (χ0n) is 9.72. The lowest BCUT2D eigenvalue weighted by atomic mass is 10.3. The van der Waals surface area contributed by atoms with Crippen molar-refractivity contribution in [1.29, 1.82) is 0 Å². The third-order valence-corrected chi connectivity index (χ3v) is 4.32. The van der Waals surface area contributed by atoms with Gasteiger partial charge in [-0.2, -0.15) is 0 Å². The van der Waals surface area contributed by atoms with Crippen LogP contribution < -0.4 is 9.47 Å². The van der Waals surface area contributed by atoms with Crippen LogP contribution in [0.4, 0.5) is 0 Å². The van der Waals surface area contributed by atoms with Crippen molar-refractivity contribution in [3.05, 3.63) is 20.2 Å². The topological polar surface area (TPSA) is 35.8 Å². The Morgan fingerprint density at radius 2 is 1.42 bits per heavy atom. The van der Waals surface area contributed by atoms with Gasteiger partial charge >= 0.3 is 0 Å². The van der Waals surface area contributed by atoms with Crippen LogP contribution in [-0.4, -0.2) is 23.6 Å². The normalized spacial score (nSPS) is 11.7. The number of aromatic nitrogens is 2. The molecule has 0 spiro atoms. The number of methoxy groups -OCH3 is 2. The number of imidazole rings is 1. The van der Waals surface area contributed by atoms with Crippen molar-refractivity contribution in [2.24, 2.45) is 0 Å². The SMILES string of the molecule is COc1c(Cl)c(OC)c2c(Cl)c(Cl)c3nc(Cl)c1n32. The fraction of sp³-hybridized carbons (Fsp3) is 0.182. The van der Waals surface area contributed by atoms with Gasteiger partial charge in [0.2, 0.25) is 0 Å². The molecule has 0 unspecified atom stereocenters. The Hall–Kier alpha value is -0.810. The lowest BCUT2D eigenvalue weighted by Gasteiger charge is -2.12. The Balaban J connectivity index is 2.70. The molecule has 0 radical (unpaired) electrons. The zero-order valence-corrected chi connectivity index (χ0v) is 12.7. The Kier molecular flexibility index (Phi) is 3.02. The van der Waals surface area contributed by atoms with E-state index in [0.717, 1.165) is 0 Å². The van der Waals surface area contributed by atoms with Gasteiger partial charge in [-0.15, -0.1) is 0 Å². The number of halogens is 4. The van der Waals surface area contributed by atoms with Gasteiger partial charge < -0.3 is 9.47 Å². The van der Waals surface area contributed by atoms with E-state index in [1.165, 1.54) is 14.2 Å². The molecule has 19 heavy (non-hydrogen) atoms. The third kappa shape index (κ3) is 1.51. The summed E-state index contributed by atoms with van der Waals surface area (Å²) in [6.07, 6.45) is 0. The number of rotatable bonds is 2.